The van der Waals surface area contributed by atoms with Crippen LogP contribution in [0.1, 0.15) is 36.4 Å². The Labute approximate surface area is 172 Å². The third-order valence-corrected chi connectivity index (χ3v) is 4.77. The highest BCUT2D eigenvalue weighted by Crippen LogP contribution is 2.27. The monoisotopic (exact) mass is 415 g/mol. The van der Waals surface area contributed by atoms with Crippen LogP contribution in [0.5, 0.6) is 0 Å². The largest absolute Gasteiger partial charge is 0.333 e. The number of halogens is 3. The predicted octanol–water partition coefficient (Wildman–Crippen LogP) is 4.25. The SMILES string of the molecule is CC(CC(=O)N1CCNCC1c1cccc(Cl)c1)c1cccnc1.Cl.Cl. The van der Waals surface area contributed by atoms with Gasteiger partial charge in [0.1, 0.15) is 0 Å². The Morgan fingerprint density at radius 3 is 2.85 bits per heavy atom. The first kappa shape index (κ1) is 22.7. The van der Waals surface area contributed by atoms with Gasteiger partial charge in [-0.25, -0.2) is 0 Å². The highest BCUT2D eigenvalue weighted by Gasteiger charge is 2.28. The van der Waals surface area contributed by atoms with Gasteiger partial charge in [-0.3, -0.25) is 9.78 Å². The molecule has 3 rings (SSSR count). The molecule has 1 N–H and O–H groups in total. The maximum Gasteiger partial charge on any atom is 0.223 e. The quantitative estimate of drug-likeness (QED) is 0.810. The van der Waals surface area contributed by atoms with Gasteiger partial charge in [0.25, 0.3) is 0 Å². The molecule has 1 fully saturated rings. The van der Waals surface area contributed by atoms with Crippen molar-refractivity contribution >= 4 is 42.3 Å². The Hall–Kier alpha value is -1.33. The molecule has 0 radical (unpaired) electrons. The van der Waals surface area contributed by atoms with Gasteiger partial charge in [0, 0.05) is 43.5 Å². The summed E-state index contributed by atoms with van der Waals surface area (Å²) in [5, 5.41) is 4.08. The van der Waals surface area contributed by atoms with Gasteiger partial charge < -0.3 is 10.2 Å². The average Bonchev–Trinajstić information content (AvgIpc) is 2.62. The first-order valence-corrected chi connectivity index (χ1v) is 8.68. The molecule has 7 heteroatoms. The number of carbonyl (C=O) groups excluding carboxylic acids is 1. The number of amides is 1. The summed E-state index contributed by atoms with van der Waals surface area (Å²) in [5.41, 5.74) is 2.18. The second-order valence-corrected chi connectivity index (χ2v) is 6.69. The van der Waals surface area contributed by atoms with Gasteiger partial charge in [-0.15, -0.1) is 24.8 Å². The number of nitrogens with zero attached hydrogens (tertiary/aromatic N) is 2. The molecule has 2 heterocycles. The lowest BCUT2D eigenvalue weighted by atomic mass is 9.97. The molecule has 2 unspecified atom stereocenters. The summed E-state index contributed by atoms with van der Waals surface area (Å²) in [4.78, 5) is 19.0. The highest BCUT2D eigenvalue weighted by molar-refractivity contribution is 6.30. The van der Waals surface area contributed by atoms with Crippen LogP contribution < -0.4 is 5.32 Å². The molecule has 1 aliphatic heterocycles. The van der Waals surface area contributed by atoms with Crippen molar-refractivity contribution in [3.8, 4) is 0 Å². The summed E-state index contributed by atoms with van der Waals surface area (Å²) >= 11 is 6.12. The molecular weight excluding hydrogens is 393 g/mol. The van der Waals surface area contributed by atoms with Gasteiger partial charge in [-0.05, 0) is 35.2 Å². The van der Waals surface area contributed by atoms with Gasteiger partial charge in [-0.1, -0.05) is 36.7 Å². The first-order valence-electron chi connectivity index (χ1n) is 8.30. The van der Waals surface area contributed by atoms with E-state index in [1.54, 1.807) is 6.20 Å². The highest BCUT2D eigenvalue weighted by atomic mass is 35.5. The van der Waals surface area contributed by atoms with Gasteiger partial charge in [-0.2, -0.15) is 0 Å². The van der Waals surface area contributed by atoms with Crippen molar-refractivity contribution in [2.24, 2.45) is 0 Å². The third kappa shape index (κ3) is 5.58. The average molecular weight is 417 g/mol. The Balaban J connectivity index is 0.00000169. The van der Waals surface area contributed by atoms with Crippen molar-refractivity contribution in [2.75, 3.05) is 19.6 Å². The van der Waals surface area contributed by atoms with Crippen LogP contribution in [0.2, 0.25) is 5.02 Å². The molecule has 0 bridgehead atoms. The third-order valence-electron chi connectivity index (χ3n) is 4.53. The van der Waals surface area contributed by atoms with E-state index in [1.807, 2.05) is 47.5 Å². The lowest BCUT2D eigenvalue weighted by Gasteiger charge is -2.37. The van der Waals surface area contributed by atoms with E-state index in [-0.39, 0.29) is 42.7 Å². The molecule has 1 amide bonds. The van der Waals surface area contributed by atoms with Gasteiger partial charge >= 0.3 is 0 Å². The number of rotatable bonds is 4. The summed E-state index contributed by atoms with van der Waals surface area (Å²) in [7, 11) is 0. The number of hydrogen-bond acceptors (Lipinski definition) is 3. The van der Waals surface area contributed by atoms with E-state index in [2.05, 4.69) is 17.2 Å². The normalized spacial score (nSPS) is 17.6. The zero-order chi connectivity index (χ0) is 16.9. The van der Waals surface area contributed by atoms with E-state index in [0.29, 0.717) is 11.4 Å². The summed E-state index contributed by atoms with van der Waals surface area (Å²) in [6.45, 7) is 4.37. The molecule has 142 valence electrons. The molecule has 2 atom stereocenters. The summed E-state index contributed by atoms with van der Waals surface area (Å²) in [6, 6.07) is 11.8. The number of hydrogen-bond donors (Lipinski definition) is 1. The van der Waals surface area contributed by atoms with E-state index in [1.165, 1.54) is 0 Å². The van der Waals surface area contributed by atoms with E-state index in [9.17, 15) is 4.79 Å². The van der Waals surface area contributed by atoms with Crippen molar-refractivity contribution in [3.63, 3.8) is 0 Å². The molecular formula is C19H24Cl3N3O. The predicted molar refractivity (Wildman–Crippen MR) is 111 cm³/mol. The maximum atomic E-state index is 12.9. The minimum absolute atomic E-state index is 0. The Morgan fingerprint density at radius 2 is 2.15 bits per heavy atom. The Morgan fingerprint density at radius 1 is 1.35 bits per heavy atom. The smallest absolute Gasteiger partial charge is 0.223 e. The van der Waals surface area contributed by atoms with Gasteiger partial charge in [0.05, 0.1) is 6.04 Å². The second kappa shape index (κ2) is 10.7. The molecule has 26 heavy (non-hydrogen) atoms. The lowest BCUT2D eigenvalue weighted by molar-refractivity contribution is -0.134. The van der Waals surface area contributed by atoms with Crippen LogP contribution in [0, 0.1) is 0 Å². The lowest BCUT2D eigenvalue weighted by Crippen LogP contribution is -2.48. The topological polar surface area (TPSA) is 45.2 Å². The van der Waals surface area contributed by atoms with Crippen molar-refractivity contribution in [3.05, 3.63) is 64.9 Å². The van der Waals surface area contributed by atoms with Crippen molar-refractivity contribution in [1.29, 1.82) is 0 Å². The van der Waals surface area contributed by atoms with E-state index < -0.39 is 0 Å². The molecule has 1 aromatic heterocycles. The summed E-state index contributed by atoms with van der Waals surface area (Å²) in [5.74, 6) is 0.332. The van der Waals surface area contributed by atoms with Crippen LogP contribution in [0.4, 0.5) is 0 Å². The summed E-state index contributed by atoms with van der Waals surface area (Å²) in [6.07, 6.45) is 4.08. The van der Waals surface area contributed by atoms with Crippen LogP contribution in [0.15, 0.2) is 48.8 Å². The molecule has 1 aromatic carbocycles. The molecule has 0 saturated carbocycles. The van der Waals surface area contributed by atoms with Crippen LogP contribution >= 0.6 is 36.4 Å². The number of piperazine rings is 1. The fourth-order valence-electron chi connectivity index (χ4n) is 3.18. The fraction of sp³-hybridized carbons (Fsp3) is 0.368. The molecule has 1 saturated heterocycles. The molecule has 0 aliphatic carbocycles. The fourth-order valence-corrected chi connectivity index (χ4v) is 3.38. The molecule has 2 aromatic rings. The van der Waals surface area contributed by atoms with Gasteiger partial charge in [0.2, 0.25) is 5.91 Å². The Bertz CT molecular complexity index is 699. The van der Waals surface area contributed by atoms with Gasteiger partial charge in [0.15, 0.2) is 0 Å². The maximum absolute atomic E-state index is 12.9. The van der Waals surface area contributed by atoms with E-state index in [4.69, 9.17) is 11.6 Å². The minimum atomic E-state index is 0. The molecule has 4 nitrogen and oxygen atoms in total. The molecule has 0 spiro atoms. The molecule has 1 aliphatic rings. The number of pyridine rings is 1. The van der Waals surface area contributed by atoms with Crippen LogP contribution in [0.3, 0.4) is 0 Å². The Kier molecular flexibility index (Phi) is 9.37. The first-order chi connectivity index (χ1) is 11.6. The minimum Gasteiger partial charge on any atom is -0.333 e. The number of aromatic nitrogens is 1. The van der Waals surface area contributed by atoms with Crippen molar-refractivity contribution < 1.29 is 4.79 Å². The van der Waals surface area contributed by atoms with E-state index >= 15 is 0 Å². The van der Waals surface area contributed by atoms with Crippen LogP contribution in [0.25, 0.3) is 0 Å². The second-order valence-electron chi connectivity index (χ2n) is 6.25. The van der Waals surface area contributed by atoms with E-state index in [0.717, 1.165) is 30.8 Å². The number of carbonyl (C=O) groups is 1. The zero-order valence-corrected chi connectivity index (χ0v) is 17.0. The van der Waals surface area contributed by atoms with Crippen LogP contribution in [-0.2, 0) is 4.79 Å². The standard InChI is InChI=1S/C19H22ClN3O.2ClH/c1-14(16-5-3-7-21-12-16)10-19(24)23-9-8-22-13-18(23)15-4-2-6-17(20)11-15;;/h2-7,11-12,14,18,22H,8-10,13H2,1H3;2*1H. The number of nitrogens with one attached hydrogen (secondary N) is 1. The summed E-state index contributed by atoms with van der Waals surface area (Å²) < 4.78 is 0. The zero-order valence-electron chi connectivity index (χ0n) is 14.6. The van der Waals surface area contributed by atoms with Crippen molar-refractivity contribution in [1.82, 2.24) is 15.2 Å². The van der Waals surface area contributed by atoms with Crippen molar-refractivity contribution in [2.45, 2.75) is 25.3 Å². The number of benzene rings is 1. The van der Waals surface area contributed by atoms with Crippen LogP contribution in [-0.4, -0.2) is 35.4 Å².